The van der Waals surface area contributed by atoms with Gasteiger partial charge in [0.1, 0.15) is 5.75 Å². The molecular formula is C19H23N7O3. The first-order valence-electron chi connectivity index (χ1n) is 9.37. The van der Waals surface area contributed by atoms with Crippen molar-refractivity contribution in [3.05, 3.63) is 30.8 Å². The van der Waals surface area contributed by atoms with Crippen molar-refractivity contribution >= 4 is 23.5 Å². The molecule has 10 nitrogen and oxygen atoms in total. The maximum absolute atomic E-state index is 9.96. The third-order valence-corrected chi connectivity index (χ3v) is 4.68. The van der Waals surface area contributed by atoms with Crippen LogP contribution in [0.2, 0.25) is 0 Å². The van der Waals surface area contributed by atoms with Crippen molar-refractivity contribution in [2.75, 3.05) is 42.8 Å². The highest BCUT2D eigenvalue weighted by molar-refractivity contribution is 5.71. The van der Waals surface area contributed by atoms with Crippen molar-refractivity contribution in [1.82, 2.24) is 19.9 Å². The minimum atomic E-state index is -0.372. The second-order valence-corrected chi connectivity index (χ2v) is 6.68. The quantitative estimate of drug-likeness (QED) is 0.571. The normalized spacial score (nSPS) is 16.5. The van der Waals surface area contributed by atoms with Gasteiger partial charge in [-0.25, -0.2) is 4.98 Å². The van der Waals surface area contributed by atoms with Crippen LogP contribution < -0.4 is 20.3 Å². The summed E-state index contributed by atoms with van der Waals surface area (Å²) in [6.07, 6.45) is 4.33. The van der Waals surface area contributed by atoms with E-state index in [9.17, 15) is 5.11 Å². The van der Waals surface area contributed by atoms with Gasteiger partial charge in [-0.2, -0.15) is 15.0 Å². The van der Waals surface area contributed by atoms with E-state index < -0.39 is 0 Å². The van der Waals surface area contributed by atoms with Crippen molar-refractivity contribution in [2.24, 2.45) is 0 Å². The van der Waals surface area contributed by atoms with Crippen molar-refractivity contribution in [2.45, 2.75) is 18.9 Å². The number of aliphatic hydroxyl groups is 1. The molecule has 0 saturated carbocycles. The zero-order valence-electron chi connectivity index (χ0n) is 16.3. The van der Waals surface area contributed by atoms with E-state index in [1.54, 1.807) is 20.4 Å². The molecule has 3 aromatic rings. The lowest BCUT2D eigenvalue weighted by atomic mass is 10.1. The predicted octanol–water partition coefficient (Wildman–Crippen LogP) is 2.28. The number of aliphatic hydroxyl groups excluding tert-OH is 1. The van der Waals surface area contributed by atoms with Crippen LogP contribution in [0.4, 0.5) is 23.5 Å². The molecule has 1 atom stereocenters. The molecule has 1 saturated heterocycles. The van der Waals surface area contributed by atoms with Crippen molar-refractivity contribution in [1.29, 1.82) is 0 Å². The SMILES string of the molecule is CNc1nc(Nc2ccc(-c3cnco3)c(OC)c2)nc(N2CCC[C@@H](O)C2)n1. The number of methoxy groups -OCH3 is 1. The summed E-state index contributed by atoms with van der Waals surface area (Å²) in [6.45, 7) is 1.30. The number of piperidine rings is 1. The molecule has 0 spiro atoms. The summed E-state index contributed by atoms with van der Waals surface area (Å²) in [4.78, 5) is 19.3. The van der Waals surface area contributed by atoms with Crippen LogP contribution in [0.15, 0.2) is 35.2 Å². The van der Waals surface area contributed by atoms with Gasteiger partial charge in [0, 0.05) is 31.9 Å². The number of rotatable bonds is 6. The summed E-state index contributed by atoms with van der Waals surface area (Å²) in [5.74, 6) is 2.62. The number of β-amino-alcohol motifs (C(OH)–C–C–N with tert-alkyl or cyclic N) is 1. The van der Waals surface area contributed by atoms with Crippen LogP contribution in [-0.2, 0) is 0 Å². The number of ether oxygens (including phenoxy) is 1. The van der Waals surface area contributed by atoms with Crippen LogP contribution in [0.5, 0.6) is 5.75 Å². The first kappa shape index (κ1) is 18.9. The number of nitrogens with zero attached hydrogens (tertiary/aromatic N) is 5. The van der Waals surface area contributed by atoms with Crippen LogP contribution in [0.1, 0.15) is 12.8 Å². The van der Waals surface area contributed by atoms with E-state index in [1.165, 1.54) is 6.39 Å². The van der Waals surface area contributed by atoms with Gasteiger partial charge < -0.3 is 29.8 Å². The number of aromatic nitrogens is 4. The van der Waals surface area contributed by atoms with E-state index in [0.29, 0.717) is 35.9 Å². The fourth-order valence-electron chi connectivity index (χ4n) is 3.26. The van der Waals surface area contributed by atoms with Gasteiger partial charge in [0.15, 0.2) is 12.2 Å². The molecule has 0 unspecified atom stereocenters. The van der Waals surface area contributed by atoms with Gasteiger partial charge in [0.2, 0.25) is 17.8 Å². The number of benzene rings is 1. The molecule has 2 aromatic heterocycles. The molecule has 1 aliphatic heterocycles. The first-order chi connectivity index (χ1) is 14.2. The van der Waals surface area contributed by atoms with E-state index in [0.717, 1.165) is 30.6 Å². The van der Waals surface area contributed by atoms with Crippen molar-refractivity contribution < 1.29 is 14.3 Å². The summed E-state index contributed by atoms with van der Waals surface area (Å²) in [6, 6.07) is 5.60. The van der Waals surface area contributed by atoms with E-state index in [2.05, 4.69) is 30.6 Å². The Morgan fingerprint density at radius 2 is 2.10 bits per heavy atom. The van der Waals surface area contributed by atoms with E-state index in [1.807, 2.05) is 23.1 Å². The molecule has 0 bridgehead atoms. The molecule has 3 N–H and O–H groups in total. The summed E-state index contributed by atoms with van der Waals surface area (Å²) >= 11 is 0. The standard InChI is InChI=1S/C19H23N7O3/c1-20-17-23-18(25-19(24-17)26-7-3-4-13(27)10-26)22-12-5-6-14(15(8-12)28-2)16-9-21-11-29-16/h5-6,8-9,11,13,27H,3-4,7,10H2,1-2H3,(H2,20,22,23,24,25)/t13-/m1/s1. The molecule has 1 aliphatic rings. The fourth-order valence-corrected chi connectivity index (χ4v) is 3.26. The lowest BCUT2D eigenvalue weighted by molar-refractivity contribution is 0.153. The molecule has 10 heteroatoms. The van der Waals surface area contributed by atoms with Crippen LogP contribution >= 0.6 is 0 Å². The van der Waals surface area contributed by atoms with E-state index >= 15 is 0 Å². The maximum Gasteiger partial charge on any atom is 0.233 e. The lowest BCUT2D eigenvalue weighted by Crippen LogP contribution is -2.39. The van der Waals surface area contributed by atoms with Crippen LogP contribution in [-0.4, -0.2) is 58.4 Å². The third kappa shape index (κ3) is 4.21. The highest BCUT2D eigenvalue weighted by Crippen LogP contribution is 2.33. The zero-order chi connectivity index (χ0) is 20.2. The number of anilines is 4. The molecule has 29 heavy (non-hydrogen) atoms. The minimum absolute atomic E-state index is 0.372. The van der Waals surface area contributed by atoms with Gasteiger partial charge in [0.05, 0.1) is 25.0 Å². The zero-order valence-corrected chi connectivity index (χ0v) is 16.3. The molecular weight excluding hydrogens is 374 g/mol. The highest BCUT2D eigenvalue weighted by Gasteiger charge is 2.21. The van der Waals surface area contributed by atoms with E-state index in [4.69, 9.17) is 9.15 Å². The molecule has 4 rings (SSSR count). The van der Waals surface area contributed by atoms with Gasteiger partial charge in [-0.3, -0.25) is 0 Å². The van der Waals surface area contributed by atoms with Crippen molar-refractivity contribution in [3.63, 3.8) is 0 Å². The Balaban J connectivity index is 1.61. The number of hydrogen-bond acceptors (Lipinski definition) is 10. The second kappa shape index (κ2) is 8.31. The maximum atomic E-state index is 9.96. The average molecular weight is 397 g/mol. The van der Waals surface area contributed by atoms with Gasteiger partial charge in [-0.1, -0.05) is 0 Å². The molecule has 1 aromatic carbocycles. The van der Waals surface area contributed by atoms with Gasteiger partial charge in [-0.15, -0.1) is 0 Å². The van der Waals surface area contributed by atoms with Gasteiger partial charge in [-0.05, 0) is 25.0 Å². The predicted molar refractivity (Wildman–Crippen MR) is 109 cm³/mol. The summed E-state index contributed by atoms with van der Waals surface area (Å²) in [5, 5.41) is 16.1. The highest BCUT2D eigenvalue weighted by atomic mass is 16.5. The molecule has 0 amide bonds. The smallest absolute Gasteiger partial charge is 0.233 e. The summed E-state index contributed by atoms with van der Waals surface area (Å²) in [7, 11) is 3.35. The van der Waals surface area contributed by atoms with Gasteiger partial charge in [0.25, 0.3) is 0 Å². The minimum Gasteiger partial charge on any atom is -0.496 e. The first-order valence-corrected chi connectivity index (χ1v) is 9.37. The fraction of sp³-hybridized carbons (Fsp3) is 0.368. The largest absolute Gasteiger partial charge is 0.496 e. The Labute approximate surface area is 168 Å². The molecule has 152 valence electrons. The Morgan fingerprint density at radius 1 is 1.24 bits per heavy atom. The van der Waals surface area contributed by atoms with Crippen LogP contribution in [0.25, 0.3) is 11.3 Å². The van der Waals surface area contributed by atoms with E-state index in [-0.39, 0.29) is 6.10 Å². The number of hydrogen-bond donors (Lipinski definition) is 3. The Kier molecular flexibility index (Phi) is 5.43. The Morgan fingerprint density at radius 3 is 2.83 bits per heavy atom. The van der Waals surface area contributed by atoms with Crippen LogP contribution in [0.3, 0.4) is 0 Å². The summed E-state index contributed by atoms with van der Waals surface area (Å²) in [5.41, 5.74) is 1.55. The Hall–Kier alpha value is -3.40. The van der Waals surface area contributed by atoms with Crippen LogP contribution in [0, 0.1) is 0 Å². The monoisotopic (exact) mass is 397 g/mol. The lowest BCUT2D eigenvalue weighted by Gasteiger charge is -2.30. The average Bonchev–Trinajstić information content (AvgIpc) is 3.28. The topological polar surface area (TPSA) is 121 Å². The molecule has 3 heterocycles. The van der Waals surface area contributed by atoms with Gasteiger partial charge >= 0.3 is 0 Å². The second-order valence-electron chi connectivity index (χ2n) is 6.68. The van der Waals surface area contributed by atoms with Crippen molar-refractivity contribution in [3.8, 4) is 17.1 Å². The molecule has 1 fully saturated rings. The molecule has 0 aliphatic carbocycles. The molecule has 0 radical (unpaired) electrons. The Bertz CT molecular complexity index is 964. The number of nitrogens with one attached hydrogen (secondary N) is 2. The third-order valence-electron chi connectivity index (χ3n) is 4.68. The number of oxazole rings is 1. The summed E-state index contributed by atoms with van der Waals surface area (Å²) < 4.78 is 10.9.